The summed E-state index contributed by atoms with van der Waals surface area (Å²) in [6, 6.07) is 6.08. The number of benzene rings is 1. The van der Waals surface area contributed by atoms with E-state index in [1.807, 2.05) is 6.92 Å². The zero-order chi connectivity index (χ0) is 30.5. The summed E-state index contributed by atoms with van der Waals surface area (Å²) in [5.74, 6) is -2.92. The Morgan fingerprint density at radius 3 is 2.45 bits per heavy atom. The van der Waals surface area contributed by atoms with Gasteiger partial charge in [0.05, 0.1) is 18.6 Å². The number of ether oxygens (including phenoxy) is 4. The number of carbonyl (C=O) groups excluding carboxylic acids is 2. The van der Waals surface area contributed by atoms with Crippen molar-refractivity contribution >= 4 is 11.9 Å². The fourth-order valence-electron chi connectivity index (χ4n) is 6.91. The van der Waals surface area contributed by atoms with Gasteiger partial charge in [0.15, 0.2) is 12.4 Å². The molecule has 0 radical (unpaired) electrons. The molecule has 0 aromatic heterocycles. The van der Waals surface area contributed by atoms with Gasteiger partial charge in [-0.1, -0.05) is 37.8 Å². The molecule has 12 nitrogen and oxygen atoms in total. The largest absolute Gasteiger partial charge is 0.508 e. The van der Waals surface area contributed by atoms with Crippen LogP contribution in [0.1, 0.15) is 25.3 Å². The van der Waals surface area contributed by atoms with Crippen molar-refractivity contribution in [3.05, 3.63) is 54.1 Å². The Balaban J connectivity index is 1.32. The highest BCUT2D eigenvalue weighted by atomic mass is 16.7. The van der Waals surface area contributed by atoms with E-state index in [-0.39, 0.29) is 41.9 Å². The van der Waals surface area contributed by atoms with Crippen molar-refractivity contribution in [2.45, 2.75) is 81.3 Å². The molecule has 1 aromatic carbocycles. The Morgan fingerprint density at radius 2 is 1.79 bits per heavy atom. The Labute approximate surface area is 242 Å². The van der Waals surface area contributed by atoms with Crippen LogP contribution >= 0.6 is 0 Å². The number of phenolic OH excluding ortho intramolecular Hbond substituents is 1. The van der Waals surface area contributed by atoms with E-state index in [1.54, 1.807) is 12.1 Å². The van der Waals surface area contributed by atoms with Gasteiger partial charge in [-0.15, -0.1) is 0 Å². The molecule has 5 rings (SSSR count). The average Bonchev–Trinajstić information content (AvgIpc) is 3.40. The van der Waals surface area contributed by atoms with Crippen LogP contribution in [-0.4, -0.2) is 104 Å². The van der Waals surface area contributed by atoms with Gasteiger partial charge in [0.25, 0.3) is 0 Å². The summed E-state index contributed by atoms with van der Waals surface area (Å²) < 4.78 is 23.2. The highest BCUT2D eigenvalue weighted by molar-refractivity contribution is 5.91. The fourth-order valence-corrected chi connectivity index (χ4v) is 6.91. The van der Waals surface area contributed by atoms with Crippen molar-refractivity contribution in [2.75, 3.05) is 6.61 Å². The highest BCUT2D eigenvalue weighted by Crippen LogP contribution is 2.54. The number of phenols is 1. The first-order valence-electron chi connectivity index (χ1n) is 14.1. The van der Waals surface area contributed by atoms with E-state index in [0.717, 1.165) is 5.57 Å². The van der Waals surface area contributed by atoms with Crippen LogP contribution in [0.5, 0.6) is 5.75 Å². The van der Waals surface area contributed by atoms with Crippen molar-refractivity contribution in [2.24, 2.45) is 23.7 Å². The van der Waals surface area contributed by atoms with Crippen LogP contribution in [0.2, 0.25) is 0 Å². The number of carbonyl (C=O) groups is 2. The second-order valence-electron chi connectivity index (χ2n) is 11.8. The molecule has 0 spiro atoms. The smallest absolute Gasteiger partial charge is 0.335 e. The van der Waals surface area contributed by atoms with Crippen molar-refractivity contribution in [3.8, 4) is 5.75 Å². The summed E-state index contributed by atoms with van der Waals surface area (Å²) >= 11 is 0. The molecule has 4 fully saturated rings. The van der Waals surface area contributed by atoms with Gasteiger partial charge in [0, 0.05) is 24.3 Å². The van der Waals surface area contributed by atoms with Gasteiger partial charge in [0.1, 0.15) is 42.4 Å². The first-order chi connectivity index (χ1) is 19.9. The summed E-state index contributed by atoms with van der Waals surface area (Å²) in [6.07, 6.45) is -10.1. The zero-order valence-corrected chi connectivity index (χ0v) is 23.2. The van der Waals surface area contributed by atoms with Crippen molar-refractivity contribution in [1.82, 2.24) is 0 Å². The second-order valence-corrected chi connectivity index (χ2v) is 11.8. The number of aliphatic hydroxyl groups is 5. The molecule has 2 saturated carbocycles. The van der Waals surface area contributed by atoms with Crippen LogP contribution in [0.25, 0.3) is 0 Å². The van der Waals surface area contributed by atoms with Crippen molar-refractivity contribution < 1.29 is 59.2 Å². The minimum absolute atomic E-state index is 0.0312. The first kappa shape index (κ1) is 30.6. The first-order valence-corrected chi connectivity index (χ1v) is 14.1. The van der Waals surface area contributed by atoms with E-state index in [9.17, 15) is 40.2 Å². The van der Waals surface area contributed by atoms with E-state index in [2.05, 4.69) is 13.2 Å². The van der Waals surface area contributed by atoms with E-state index in [1.165, 1.54) is 12.1 Å². The molecule has 4 aliphatic rings. The maximum absolute atomic E-state index is 13.0. The third-order valence-electron chi connectivity index (χ3n) is 9.24. The molecular weight excluding hydrogens is 552 g/mol. The molecular formula is C30H38O12. The summed E-state index contributed by atoms with van der Waals surface area (Å²) in [6.45, 7) is 9.48. The van der Waals surface area contributed by atoms with E-state index < -0.39 is 79.6 Å². The van der Waals surface area contributed by atoms with Gasteiger partial charge in [-0.25, -0.2) is 9.59 Å². The third kappa shape index (κ3) is 5.60. The summed E-state index contributed by atoms with van der Waals surface area (Å²) in [4.78, 5) is 25.7. The number of hydrogen-bond acceptors (Lipinski definition) is 12. The lowest BCUT2D eigenvalue weighted by Gasteiger charge is -2.41. The lowest BCUT2D eigenvalue weighted by atomic mass is 9.79. The Kier molecular flexibility index (Phi) is 8.77. The molecule has 1 aromatic rings. The highest BCUT2D eigenvalue weighted by Gasteiger charge is 2.59. The van der Waals surface area contributed by atoms with Gasteiger partial charge in [-0.2, -0.15) is 0 Å². The van der Waals surface area contributed by atoms with Gasteiger partial charge < -0.3 is 49.6 Å². The maximum atomic E-state index is 13.0. The summed E-state index contributed by atoms with van der Waals surface area (Å²) in [7, 11) is 0. The lowest BCUT2D eigenvalue weighted by molar-refractivity contribution is -0.313. The van der Waals surface area contributed by atoms with E-state index in [0.29, 0.717) is 12.0 Å². The topological polar surface area (TPSA) is 192 Å². The van der Waals surface area contributed by atoms with E-state index in [4.69, 9.17) is 18.9 Å². The van der Waals surface area contributed by atoms with Crippen molar-refractivity contribution in [1.29, 1.82) is 0 Å². The number of aliphatic hydroxyl groups excluding tert-OH is 5. The van der Waals surface area contributed by atoms with Gasteiger partial charge in [0.2, 0.25) is 0 Å². The molecule has 42 heavy (non-hydrogen) atoms. The quantitative estimate of drug-likeness (QED) is 0.139. The van der Waals surface area contributed by atoms with Crippen LogP contribution in [0.3, 0.4) is 0 Å². The van der Waals surface area contributed by atoms with E-state index >= 15 is 0 Å². The maximum Gasteiger partial charge on any atom is 0.335 e. The Hall–Kier alpha value is -2.84. The molecule has 0 unspecified atom stereocenters. The molecule has 12 heteroatoms. The number of rotatable bonds is 7. The zero-order valence-electron chi connectivity index (χ0n) is 23.2. The standard InChI is InChI=1S/C30H38O12/c1-12-8-20(39-29(38)18(33)9-15-4-6-16(32)7-5-15)23-14(3)28(37)42-27(23)22-13(2)19(10-17(12)22)40-30-26(36)25(35)24(34)21(11-31)41-30/h4-7,13,17-27,30-36H,1,3,8-11H2,2H3/t13-,17+,18-,19+,20-,21-,22+,23-,24-,25+,26-,27-,30-/m1/s1. The number of fused-ring (bicyclic) bond motifs is 3. The number of aromatic hydroxyl groups is 1. The fraction of sp³-hybridized carbons (Fsp3) is 0.600. The molecule has 2 aliphatic heterocycles. The SMILES string of the molecule is C=C1C(=O)O[C@H]2[C@H]1[C@H](OC(=O)[C@H](O)Cc1ccc(O)cc1)CC(=C)[C@@H]1C[C@H](O[C@@H]3O[C@H](CO)[C@@H](O)[C@H](O)[C@H]3O)[C@@H](C)[C@H]21. The van der Waals surface area contributed by atoms with Crippen LogP contribution in [0.4, 0.5) is 0 Å². The summed E-state index contributed by atoms with van der Waals surface area (Å²) in [5.41, 5.74) is 1.51. The van der Waals surface area contributed by atoms with Crippen LogP contribution in [0, 0.1) is 23.7 Å². The predicted octanol–water partition coefficient (Wildman–Crippen LogP) is -0.278. The lowest BCUT2D eigenvalue weighted by Crippen LogP contribution is -2.59. The van der Waals surface area contributed by atoms with Crippen molar-refractivity contribution in [3.63, 3.8) is 0 Å². The number of esters is 2. The second kappa shape index (κ2) is 12.0. The molecule has 0 bridgehead atoms. The average molecular weight is 591 g/mol. The molecule has 2 saturated heterocycles. The van der Waals surface area contributed by atoms with Gasteiger partial charge >= 0.3 is 11.9 Å². The third-order valence-corrected chi connectivity index (χ3v) is 9.24. The number of hydrogen-bond donors (Lipinski definition) is 6. The normalized spacial score (nSPS) is 40.6. The van der Waals surface area contributed by atoms with Crippen LogP contribution < -0.4 is 0 Å². The minimum Gasteiger partial charge on any atom is -0.508 e. The Bertz CT molecular complexity index is 1200. The minimum atomic E-state index is -1.58. The molecule has 13 atom stereocenters. The van der Waals surface area contributed by atoms with Gasteiger partial charge in [-0.3, -0.25) is 0 Å². The Morgan fingerprint density at radius 1 is 1.10 bits per heavy atom. The molecule has 0 amide bonds. The van der Waals surface area contributed by atoms with Crippen LogP contribution in [-0.2, 0) is 35.0 Å². The predicted molar refractivity (Wildman–Crippen MR) is 143 cm³/mol. The molecule has 2 aliphatic carbocycles. The van der Waals surface area contributed by atoms with Gasteiger partial charge in [-0.05, 0) is 36.0 Å². The molecule has 230 valence electrons. The van der Waals surface area contributed by atoms with Crippen LogP contribution in [0.15, 0.2) is 48.6 Å². The monoisotopic (exact) mass is 590 g/mol. The molecule has 2 heterocycles. The molecule has 6 N–H and O–H groups in total. The summed E-state index contributed by atoms with van der Waals surface area (Å²) in [5, 5.41) is 60.4.